The lowest BCUT2D eigenvalue weighted by Gasteiger charge is -2.18. The Kier molecular flexibility index (Phi) is 6.31. The lowest BCUT2D eigenvalue weighted by Crippen LogP contribution is -2.19. The highest BCUT2D eigenvalue weighted by atomic mass is 35.5. The first-order valence-corrected chi connectivity index (χ1v) is 11.6. The number of aromatic amines is 1. The first-order chi connectivity index (χ1) is 16.4. The van der Waals surface area contributed by atoms with Gasteiger partial charge in [0, 0.05) is 40.9 Å². The number of pyridine rings is 2. The Bertz CT molecular complexity index is 1350. The molecule has 5 rings (SSSR count). The largest absolute Gasteiger partial charge is 0.472 e. The Morgan fingerprint density at radius 3 is 2.79 bits per heavy atom. The summed E-state index contributed by atoms with van der Waals surface area (Å²) in [5.74, 6) is 1.16. The topological polar surface area (TPSA) is 108 Å². The third-order valence-corrected chi connectivity index (χ3v) is 6.51. The standard InChI is InChI=1S/C24H23Cl2N5O3/c1-12-7-14(9-29-24(12)34-16-5-6-32-11-16)22-17-8-15(3-4-19(17)30-31-22)33-23(27)20-18(25)10-28-13(2)21(20)26/h3-4,7-10,16,23H,5-6,11,27H2,1-2H3,(H,30,31)/t16-,23+/m1/s1. The van der Waals surface area contributed by atoms with Crippen LogP contribution in [0.4, 0.5) is 0 Å². The second kappa shape index (κ2) is 9.38. The van der Waals surface area contributed by atoms with Gasteiger partial charge in [-0.2, -0.15) is 5.10 Å². The molecule has 2 atom stereocenters. The van der Waals surface area contributed by atoms with E-state index < -0.39 is 6.23 Å². The van der Waals surface area contributed by atoms with Gasteiger partial charge in [-0.05, 0) is 38.1 Å². The third-order valence-electron chi connectivity index (χ3n) is 5.73. The van der Waals surface area contributed by atoms with Gasteiger partial charge >= 0.3 is 0 Å². The van der Waals surface area contributed by atoms with Crippen LogP contribution in [0.1, 0.15) is 29.5 Å². The molecule has 0 spiro atoms. The van der Waals surface area contributed by atoms with Gasteiger partial charge in [-0.3, -0.25) is 15.8 Å². The van der Waals surface area contributed by atoms with Crippen molar-refractivity contribution in [2.24, 2.45) is 5.73 Å². The number of benzene rings is 1. The maximum atomic E-state index is 6.38. The van der Waals surface area contributed by atoms with Crippen molar-refractivity contribution in [1.29, 1.82) is 0 Å². The molecule has 1 aromatic carbocycles. The maximum Gasteiger partial charge on any atom is 0.216 e. The summed E-state index contributed by atoms with van der Waals surface area (Å²) in [5.41, 5.74) is 10.8. The molecule has 0 saturated carbocycles. The van der Waals surface area contributed by atoms with Crippen molar-refractivity contribution in [1.82, 2.24) is 20.2 Å². The van der Waals surface area contributed by atoms with E-state index >= 15 is 0 Å². The third kappa shape index (κ3) is 4.42. The molecule has 0 aliphatic carbocycles. The van der Waals surface area contributed by atoms with E-state index in [0.29, 0.717) is 46.1 Å². The quantitative estimate of drug-likeness (QED) is 0.353. The number of ether oxygens (including phenoxy) is 3. The van der Waals surface area contributed by atoms with Gasteiger partial charge in [0.1, 0.15) is 17.5 Å². The van der Waals surface area contributed by atoms with E-state index in [2.05, 4.69) is 20.2 Å². The van der Waals surface area contributed by atoms with Crippen LogP contribution in [0.3, 0.4) is 0 Å². The molecule has 0 amide bonds. The Balaban J connectivity index is 1.42. The fourth-order valence-corrected chi connectivity index (χ4v) is 4.47. The predicted molar refractivity (Wildman–Crippen MR) is 130 cm³/mol. The molecule has 1 fully saturated rings. The summed E-state index contributed by atoms with van der Waals surface area (Å²) in [6, 6.07) is 7.57. The van der Waals surface area contributed by atoms with Gasteiger partial charge in [-0.25, -0.2) is 4.98 Å². The van der Waals surface area contributed by atoms with Crippen LogP contribution in [0.25, 0.3) is 22.2 Å². The molecule has 10 heteroatoms. The number of hydrogen-bond donors (Lipinski definition) is 2. The fourth-order valence-electron chi connectivity index (χ4n) is 3.91. The summed E-state index contributed by atoms with van der Waals surface area (Å²) >= 11 is 12.7. The highest BCUT2D eigenvalue weighted by Crippen LogP contribution is 2.35. The minimum absolute atomic E-state index is 0.0402. The van der Waals surface area contributed by atoms with Crippen molar-refractivity contribution in [3.8, 4) is 22.9 Å². The summed E-state index contributed by atoms with van der Waals surface area (Å²) in [4.78, 5) is 8.67. The van der Waals surface area contributed by atoms with E-state index in [1.807, 2.05) is 31.2 Å². The minimum atomic E-state index is -0.866. The molecule has 0 radical (unpaired) electrons. The molecule has 34 heavy (non-hydrogen) atoms. The number of halogens is 2. The zero-order chi connectivity index (χ0) is 23.8. The monoisotopic (exact) mass is 499 g/mol. The summed E-state index contributed by atoms with van der Waals surface area (Å²) in [5, 5.41) is 9.15. The van der Waals surface area contributed by atoms with Crippen molar-refractivity contribution in [3.63, 3.8) is 0 Å². The van der Waals surface area contributed by atoms with E-state index in [0.717, 1.165) is 34.1 Å². The first-order valence-electron chi connectivity index (χ1n) is 10.8. The molecule has 3 aromatic heterocycles. The average Bonchev–Trinajstić information content (AvgIpc) is 3.48. The van der Waals surface area contributed by atoms with Crippen molar-refractivity contribution in [3.05, 3.63) is 63.5 Å². The second-order valence-corrected chi connectivity index (χ2v) is 8.97. The van der Waals surface area contributed by atoms with Crippen LogP contribution in [-0.4, -0.2) is 39.5 Å². The van der Waals surface area contributed by atoms with Gasteiger partial charge in [-0.1, -0.05) is 23.2 Å². The Hall–Kier alpha value is -2.91. The van der Waals surface area contributed by atoms with Crippen LogP contribution >= 0.6 is 23.2 Å². The van der Waals surface area contributed by atoms with Crippen molar-refractivity contribution >= 4 is 34.1 Å². The molecule has 8 nitrogen and oxygen atoms in total. The average molecular weight is 500 g/mol. The van der Waals surface area contributed by atoms with E-state index in [1.54, 1.807) is 13.1 Å². The van der Waals surface area contributed by atoms with Gasteiger partial charge in [-0.15, -0.1) is 0 Å². The van der Waals surface area contributed by atoms with E-state index in [9.17, 15) is 0 Å². The molecular formula is C24H23Cl2N5O3. The number of rotatable bonds is 6. The summed E-state index contributed by atoms with van der Waals surface area (Å²) in [6.07, 6.45) is 3.31. The number of nitrogens with zero attached hydrogens (tertiary/aromatic N) is 3. The SMILES string of the molecule is Cc1cc(-c2n[nH]c3ccc(O[C@H](N)c4c(Cl)cnc(C)c4Cl)cc23)cnc1O[C@@H]1CCOC1. The number of aryl methyl sites for hydroxylation is 2. The summed E-state index contributed by atoms with van der Waals surface area (Å²) in [7, 11) is 0. The van der Waals surface area contributed by atoms with Crippen molar-refractivity contribution in [2.45, 2.75) is 32.6 Å². The molecule has 3 N–H and O–H groups in total. The minimum Gasteiger partial charge on any atom is -0.472 e. The fraction of sp³-hybridized carbons (Fsp3) is 0.292. The van der Waals surface area contributed by atoms with Crippen LogP contribution in [-0.2, 0) is 4.74 Å². The molecule has 1 aliphatic rings. The van der Waals surface area contributed by atoms with Gasteiger partial charge in [0.05, 0.1) is 34.5 Å². The molecule has 176 valence electrons. The van der Waals surface area contributed by atoms with Crippen LogP contribution in [0.5, 0.6) is 11.6 Å². The summed E-state index contributed by atoms with van der Waals surface area (Å²) in [6.45, 7) is 5.06. The highest BCUT2D eigenvalue weighted by molar-refractivity contribution is 6.36. The molecule has 0 unspecified atom stereocenters. The van der Waals surface area contributed by atoms with Gasteiger partial charge in [0.25, 0.3) is 0 Å². The lowest BCUT2D eigenvalue weighted by molar-refractivity contribution is 0.137. The Morgan fingerprint density at radius 1 is 1.18 bits per heavy atom. The normalized spacial score (nSPS) is 16.7. The number of nitrogens with one attached hydrogen (secondary N) is 1. The molecule has 4 aromatic rings. The zero-order valence-electron chi connectivity index (χ0n) is 18.6. The summed E-state index contributed by atoms with van der Waals surface area (Å²) < 4.78 is 17.3. The molecule has 1 aliphatic heterocycles. The molecule has 4 heterocycles. The maximum absolute atomic E-state index is 6.38. The van der Waals surface area contributed by atoms with Gasteiger partial charge in [0.2, 0.25) is 5.88 Å². The van der Waals surface area contributed by atoms with Gasteiger partial charge < -0.3 is 14.2 Å². The smallest absolute Gasteiger partial charge is 0.216 e. The number of H-pyrrole nitrogens is 1. The van der Waals surface area contributed by atoms with Crippen LogP contribution in [0, 0.1) is 13.8 Å². The number of hydrogen-bond acceptors (Lipinski definition) is 7. The van der Waals surface area contributed by atoms with Crippen molar-refractivity contribution in [2.75, 3.05) is 13.2 Å². The van der Waals surface area contributed by atoms with Gasteiger partial charge in [0.15, 0.2) is 6.23 Å². The number of fused-ring (bicyclic) bond motifs is 1. The zero-order valence-corrected chi connectivity index (χ0v) is 20.2. The van der Waals surface area contributed by atoms with Crippen LogP contribution in [0.2, 0.25) is 10.0 Å². The van der Waals surface area contributed by atoms with E-state index in [4.69, 9.17) is 43.1 Å². The highest BCUT2D eigenvalue weighted by Gasteiger charge is 2.21. The lowest BCUT2D eigenvalue weighted by atomic mass is 10.1. The Labute approximate surface area is 206 Å². The molecule has 1 saturated heterocycles. The van der Waals surface area contributed by atoms with Crippen LogP contribution in [0.15, 0.2) is 36.7 Å². The van der Waals surface area contributed by atoms with E-state index in [1.165, 1.54) is 6.20 Å². The second-order valence-electron chi connectivity index (χ2n) is 8.19. The first kappa shape index (κ1) is 22.9. The van der Waals surface area contributed by atoms with Crippen LogP contribution < -0.4 is 15.2 Å². The Morgan fingerprint density at radius 2 is 2.03 bits per heavy atom. The van der Waals surface area contributed by atoms with Crippen molar-refractivity contribution < 1.29 is 14.2 Å². The van der Waals surface area contributed by atoms with E-state index in [-0.39, 0.29) is 6.10 Å². The molecule has 0 bridgehead atoms. The number of nitrogens with two attached hydrogens (primary N) is 1. The molecular weight excluding hydrogens is 477 g/mol. The number of aromatic nitrogens is 4. The predicted octanol–water partition coefficient (Wildman–Crippen LogP) is 5.15.